The van der Waals surface area contributed by atoms with Crippen LogP contribution in [0.5, 0.6) is 0 Å². The number of carbonyl (C=O) groups excluding carboxylic acids is 1. The van der Waals surface area contributed by atoms with Crippen molar-refractivity contribution in [2.24, 2.45) is 0 Å². The van der Waals surface area contributed by atoms with Crippen LogP contribution < -0.4 is 10.2 Å². The first-order valence-corrected chi connectivity index (χ1v) is 8.81. The Morgan fingerprint density at radius 2 is 1.92 bits per heavy atom. The fourth-order valence-electron chi connectivity index (χ4n) is 3.27. The van der Waals surface area contributed by atoms with Crippen LogP contribution in [-0.4, -0.2) is 31.2 Å². The minimum atomic E-state index is -0.355. The van der Waals surface area contributed by atoms with E-state index in [2.05, 4.69) is 39.5 Å². The molecule has 1 fully saturated rings. The summed E-state index contributed by atoms with van der Waals surface area (Å²) in [7, 11) is 1.38. The zero-order valence-electron chi connectivity index (χ0n) is 14.9. The lowest BCUT2D eigenvalue weighted by Gasteiger charge is -2.30. The number of rotatable bonds is 5. The van der Waals surface area contributed by atoms with Gasteiger partial charge in [-0.15, -0.1) is 0 Å². The number of piperidine rings is 1. The van der Waals surface area contributed by atoms with Gasteiger partial charge in [0, 0.05) is 25.3 Å². The maximum absolute atomic E-state index is 11.7. The zero-order valence-corrected chi connectivity index (χ0v) is 14.9. The number of nitrogens with zero attached hydrogens (tertiary/aromatic N) is 2. The number of nitrogens with one attached hydrogen (secondary N) is 1. The molecule has 25 heavy (non-hydrogen) atoms. The second-order valence-electron chi connectivity index (χ2n) is 6.35. The summed E-state index contributed by atoms with van der Waals surface area (Å²) in [6, 6.07) is 12.1. The highest BCUT2D eigenvalue weighted by molar-refractivity contribution is 5.90. The van der Waals surface area contributed by atoms with Gasteiger partial charge in [-0.1, -0.05) is 18.2 Å². The Bertz CT molecular complexity index is 739. The highest BCUT2D eigenvalue weighted by Gasteiger charge is 2.14. The molecule has 1 saturated heterocycles. The molecule has 2 heterocycles. The minimum Gasteiger partial charge on any atom is -0.465 e. The average Bonchev–Trinajstić information content (AvgIpc) is 2.67. The number of hydrogen-bond donors (Lipinski definition) is 1. The SMILES string of the molecule is COC(=O)c1ccc(NCc2ccccc2N2CCCCC2)nc1C. The Hall–Kier alpha value is -2.56. The molecule has 0 saturated carbocycles. The van der Waals surface area contributed by atoms with Gasteiger partial charge in [0.05, 0.1) is 18.4 Å². The molecule has 132 valence electrons. The van der Waals surface area contributed by atoms with Crippen LogP contribution in [0.2, 0.25) is 0 Å². The summed E-state index contributed by atoms with van der Waals surface area (Å²) >= 11 is 0. The largest absolute Gasteiger partial charge is 0.465 e. The van der Waals surface area contributed by atoms with E-state index in [4.69, 9.17) is 4.74 Å². The maximum Gasteiger partial charge on any atom is 0.339 e. The summed E-state index contributed by atoms with van der Waals surface area (Å²) in [6.07, 6.45) is 3.85. The first kappa shape index (κ1) is 17.3. The first-order valence-electron chi connectivity index (χ1n) is 8.81. The van der Waals surface area contributed by atoms with Gasteiger partial charge in [-0.2, -0.15) is 0 Å². The summed E-state index contributed by atoms with van der Waals surface area (Å²) in [5.41, 5.74) is 3.74. The van der Waals surface area contributed by atoms with Gasteiger partial charge in [0.1, 0.15) is 5.82 Å². The summed E-state index contributed by atoms with van der Waals surface area (Å²) in [6.45, 7) is 4.78. The molecule has 2 aromatic rings. The minimum absolute atomic E-state index is 0.355. The average molecular weight is 339 g/mol. The van der Waals surface area contributed by atoms with Crippen LogP contribution in [0, 0.1) is 6.92 Å². The van der Waals surface area contributed by atoms with Gasteiger partial charge >= 0.3 is 5.97 Å². The standard InChI is InChI=1S/C20H25N3O2/c1-15-17(20(24)25-2)10-11-19(22-15)21-14-16-8-4-5-9-18(16)23-12-6-3-7-13-23/h4-5,8-11H,3,6-7,12-14H2,1-2H3,(H,21,22). The van der Waals surface area contributed by atoms with Gasteiger partial charge in [0.15, 0.2) is 0 Å². The lowest BCUT2D eigenvalue weighted by Crippen LogP contribution is -2.30. The van der Waals surface area contributed by atoms with Crippen molar-refractivity contribution in [3.63, 3.8) is 0 Å². The Balaban J connectivity index is 1.71. The molecule has 1 N–H and O–H groups in total. The van der Waals surface area contributed by atoms with E-state index in [-0.39, 0.29) is 5.97 Å². The number of methoxy groups -OCH3 is 1. The Morgan fingerprint density at radius 1 is 1.16 bits per heavy atom. The third kappa shape index (κ3) is 4.10. The van der Waals surface area contributed by atoms with E-state index in [1.54, 1.807) is 6.07 Å². The van der Waals surface area contributed by atoms with Crippen LogP contribution in [0.15, 0.2) is 36.4 Å². The van der Waals surface area contributed by atoms with E-state index in [1.807, 2.05) is 13.0 Å². The molecule has 3 rings (SSSR count). The Labute approximate surface area is 149 Å². The van der Waals surface area contributed by atoms with Gasteiger partial charge < -0.3 is 15.0 Å². The van der Waals surface area contributed by atoms with Crippen molar-refractivity contribution < 1.29 is 9.53 Å². The van der Waals surface area contributed by atoms with Gasteiger partial charge in [0.2, 0.25) is 0 Å². The highest BCUT2D eigenvalue weighted by atomic mass is 16.5. The monoisotopic (exact) mass is 339 g/mol. The molecule has 0 atom stereocenters. The molecular formula is C20H25N3O2. The lowest BCUT2D eigenvalue weighted by molar-refractivity contribution is 0.0599. The van der Waals surface area contributed by atoms with Crippen LogP contribution >= 0.6 is 0 Å². The number of aryl methyl sites for hydroxylation is 1. The van der Waals surface area contributed by atoms with Crippen molar-refractivity contribution in [2.75, 3.05) is 30.4 Å². The molecular weight excluding hydrogens is 314 g/mol. The van der Waals surface area contributed by atoms with Crippen LogP contribution in [0.3, 0.4) is 0 Å². The molecule has 1 aliphatic heterocycles. The lowest BCUT2D eigenvalue weighted by atomic mass is 10.1. The number of benzene rings is 1. The van der Waals surface area contributed by atoms with Gasteiger partial charge in [-0.25, -0.2) is 9.78 Å². The van der Waals surface area contributed by atoms with E-state index < -0.39 is 0 Å². The number of para-hydroxylation sites is 1. The van der Waals surface area contributed by atoms with Gasteiger partial charge in [-0.05, 0) is 49.9 Å². The fourth-order valence-corrected chi connectivity index (χ4v) is 3.27. The summed E-state index contributed by atoms with van der Waals surface area (Å²) < 4.78 is 4.76. The van der Waals surface area contributed by atoms with Crippen molar-refractivity contribution >= 4 is 17.5 Å². The number of anilines is 2. The molecule has 1 aliphatic rings. The van der Waals surface area contributed by atoms with Crippen molar-refractivity contribution in [1.29, 1.82) is 0 Å². The van der Waals surface area contributed by atoms with E-state index >= 15 is 0 Å². The van der Waals surface area contributed by atoms with E-state index in [1.165, 1.54) is 37.6 Å². The van der Waals surface area contributed by atoms with Crippen LogP contribution in [0.4, 0.5) is 11.5 Å². The number of esters is 1. The molecule has 0 bridgehead atoms. The van der Waals surface area contributed by atoms with Crippen molar-refractivity contribution in [3.8, 4) is 0 Å². The quantitative estimate of drug-likeness (QED) is 0.840. The third-order valence-corrected chi connectivity index (χ3v) is 4.64. The highest BCUT2D eigenvalue weighted by Crippen LogP contribution is 2.25. The molecule has 0 aliphatic carbocycles. The Morgan fingerprint density at radius 3 is 2.64 bits per heavy atom. The van der Waals surface area contributed by atoms with Crippen LogP contribution in [0.25, 0.3) is 0 Å². The fraction of sp³-hybridized carbons (Fsp3) is 0.400. The third-order valence-electron chi connectivity index (χ3n) is 4.64. The van der Waals surface area contributed by atoms with Crippen molar-refractivity contribution in [1.82, 2.24) is 4.98 Å². The van der Waals surface area contributed by atoms with Crippen LogP contribution in [-0.2, 0) is 11.3 Å². The predicted molar refractivity (Wildman–Crippen MR) is 100 cm³/mol. The summed E-state index contributed by atoms with van der Waals surface area (Å²) in [5, 5.41) is 3.38. The topological polar surface area (TPSA) is 54.5 Å². The van der Waals surface area contributed by atoms with E-state index in [9.17, 15) is 4.79 Å². The second-order valence-corrected chi connectivity index (χ2v) is 6.35. The molecule has 0 spiro atoms. The Kier molecular flexibility index (Phi) is 5.53. The molecule has 1 aromatic heterocycles. The number of ether oxygens (including phenoxy) is 1. The normalized spacial score (nSPS) is 14.2. The molecule has 0 unspecified atom stereocenters. The molecule has 1 aromatic carbocycles. The molecule has 5 heteroatoms. The van der Waals surface area contributed by atoms with E-state index in [0.717, 1.165) is 18.9 Å². The summed E-state index contributed by atoms with van der Waals surface area (Å²) in [4.78, 5) is 18.6. The molecule has 0 radical (unpaired) electrons. The zero-order chi connectivity index (χ0) is 17.6. The maximum atomic E-state index is 11.7. The number of hydrogen-bond acceptors (Lipinski definition) is 5. The van der Waals surface area contributed by atoms with Crippen LogP contribution in [0.1, 0.15) is 40.9 Å². The number of pyridine rings is 1. The number of aromatic nitrogens is 1. The van der Waals surface area contributed by atoms with Crippen molar-refractivity contribution in [2.45, 2.75) is 32.7 Å². The first-order chi connectivity index (χ1) is 12.2. The second kappa shape index (κ2) is 8.01. The van der Waals surface area contributed by atoms with E-state index in [0.29, 0.717) is 17.8 Å². The molecule has 5 nitrogen and oxygen atoms in total. The summed E-state index contributed by atoms with van der Waals surface area (Å²) in [5.74, 6) is 0.408. The molecule has 0 amide bonds. The smallest absolute Gasteiger partial charge is 0.339 e. The van der Waals surface area contributed by atoms with Gasteiger partial charge in [-0.3, -0.25) is 0 Å². The number of carbonyl (C=O) groups is 1. The van der Waals surface area contributed by atoms with Gasteiger partial charge in [0.25, 0.3) is 0 Å². The predicted octanol–water partition coefficient (Wildman–Crippen LogP) is 3.78. The van der Waals surface area contributed by atoms with Crippen molar-refractivity contribution in [3.05, 3.63) is 53.2 Å².